The monoisotopic (exact) mass is 451 g/mol. The molecule has 4 saturated carbocycles. The molecular formula is C24H29F4N3O. The van der Waals surface area contributed by atoms with Gasteiger partial charge >= 0.3 is 0 Å². The normalized spacial score (nSPS) is 28.9. The second kappa shape index (κ2) is 8.03. The lowest BCUT2D eigenvalue weighted by Crippen LogP contribution is -2.38. The Kier molecular flexibility index (Phi) is 5.45. The van der Waals surface area contributed by atoms with Crippen molar-refractivity contribution >= 4 is 16.9 Å². The molecule has 0 radical (unpaired) electrons. The molecule has 1 heterocycles. The van der Waals surface area contributed by atoms with Gasteiger partial charge in [-0.25, -0.2) is 22.5 Å². The van der Waals surface area contributed by atoms with Crippen LogP contribution in [0.3, 0.4) is 0 Å². The van der Waals surface area contributed by atoms with Gasteiger partial charge in [-0.1, -0.05) is 25.3 Å². The average Bonchev–Trinajstić information content (AvgIpc) is 3.56. The molecule has 8 heteroatoms. The Morgan fingerprint density at radius 3 is 2.38 bits per heavy atom. The number of alkyl halides is 4. The van der Waals surface area contributed by atoms with E-state index >= 15 is 0 Å². The molecule has 32 heavy (non-hydrogen) atoms. The number of halogens is 4. The topological polar surface area (TPSA) is 57.8 Å². The predicted molar refractivity (Wildman–Crippen MR) is 112 cm³/mol. The van der Waals surface area contributed by atoms with Crippen LogP contribution in [0.25, 0.3) is 11.0 Å². The number of fused-ring (bicyclic) bond motifs is 2. The van der Waals surface area contributed by atoms with Crippen LogP contribution in [0, 0.1) is 23.7 Å². The van der Waals surface area contributed by atoms with Gasteiger partial charge in [-0.3, -0.25) is 4.79 Å². The summed E-state index contributed by atoms with van der Waals surface area (Å²) < 4.78 is 52.4. The maximum Gasteiger partial charge on any atom is 0.254 e. The molecule has 0 saturated heterocycles. The number of hydrogen-bond donors (Lipinski definition) is 2. The molecule has 1 aromatic heterocycles. The van der Waals surface area contributed by atoms with Crippen LogP contribution in [0.2, 0.25) is 0 Å². The van der Waals surface area contributed by atoms with Gasteiger partial charge in [0.05, 0.1) is 11.0 Å². The van der Waals surface area contributed by atoms with E-state index in [-0.39, 0.29) is 37.0 Å². The van der Waals surface area contributed by atoms with Crippen LogP contribution in [-0.2, 0) is 17.8 Å². The van der Waals surface area contributed by atoms with Crippen molar-refractivity contribution in [3.05, 3.63) is 29.6 Å². The standard InChI is InChI=1S/C21H23F4N3O.C3H6/c22-20(23)8-13(9-20)7-19(29)26-10-11-1-2-16-17(5-11)28-18(27-16)6-12-3-14-15(4-12)21(14,24)25;1-2-3-1/h1-2,5,12-15H,3-4,6-10H2,(H,26,29)(H,27,28);1-3H2/t12?,14-,15?;/m1./s1. The Bertz CT molecular complexity index is 978. The number of imidazole rings is 1. The summed E-state index contributed by atoms with van der Waals surface area (Å²) in [5.74, 6) is -5.30. The first kappa shape index (κ1) is 21.7. The van der Waals surface area contributed by atoms with E-state index in [1.54, 1.807) is 0 Å². The Labute approximate surface area is 184 Å². The van der Waals surface area contributed by atoms with Crippen molar-refractivity contribution in [2.24, 2.45) is 23.7 Å². The molecule has 1 aromatic carbocycles. The molecule has 0 aliphatic heterocycles. The highest BCUT2D eigenvalue weighted by Crippen LogP contribution is 2.65. The highest BCUT2D eigenvalue weighted by atomic mass is 19.3. The zero-order valence-corrected chi connectivity index (χ0v) is 18.0. The Hall–Kier alpha value is -2.12. The van der Waals surface area contributed by atoms with E-state index < -0.39 is 23.7 Å². The van der Waals surface area contributed by atoms with Gasteiger partial charge in [-0.15, -0.1) is 0 Å². The van der Waals surface area contributed by atoms with Crippen LogP contribution in [0.5, 0.6) is 0 Å². The molecule has 0 bridgehead atoms. The van der Waals surface area contributed by atoms with E-state index in [1.165, 1.54) is 19.3 Å². The quantitative estimate of drug-likeness (QED) is 0.560. The fourth-order valence-corrected chi connectivity index (χ4v) is 5.14. The van der Waals surface area contributed by atoms with E-state index in [0.29, 0.717) is 25.8 Å². The van der Waals surface area contributed by atoms with Gasteiger partial charge in [0.15, 0.2) is 0 Å². The van der Waals surface area contributed by atoms with Gasteiger partial charge in [0.25, 0.3) is 5.92 Å². The van der Waals surface area contributed by atoms with Gasteiger partial charge < -0.3 is 10.3 Å². The number of amides is 1. The van der Waals surface area contributed by atoms with Crippen LogP contribution in [-0.4, -0.2) is 27.7 Å². The summed E-state index contributed by atoms with van der Waals surface area (Å²) in [6, 6.07) is 5.64. The lowest BCUT2D eigenvalue weighted by atomic mass is 9.79. The highest BCUT2D eigenvalue weighted by molar-refractivity contribution is 5.78. The highest BCUT2D eigenvalue weighted by Gasteiger charge is 2.71. The van der Waals surface area contributed by atoms with E-state index in [9.17, 15) is 22.4 Å². The van der Waals surface area contributed by atoms with Crippen molar-refractivity contribution in [1.82, 2.24) is 15.3 Å². The smallest absolute Gasteiger partial charge is 0.254 e. The number of rotatable bonds is 6. The molecule has 4 nitrogen and oxygen atoms in total. The number of carbonyl (C=O) groups excluding carboxylic acids is 1. The Morgan fingerprint density at radius 2 is 1.75 bits per heavy atom. The summed E-state index contributed by atoms with van der Waals surface area (Å²) in [6.07, 6.45) is 6.04. The van der Waals surface area contributed by atoms with Gasteiger partial charge in [0, 0.05) is 44.1 Å². The summed E-state index contributed by atoms with van der Waals surface area (Å²) in [6.45, 7) is 0.327. The van der Waals surface area contributed by atoms with Crippen LogP contribution in [0.4, 0.5) is 17.6 Å². The number of benzene rings is 1. The number of aromatic nitrogens is 2. The molecule has 2 unspecified atom stereocenters. The molecule has 4 aliphatic rings. The number of H-pyrrole nitrogens is 1. The van der Waals surface area contributed by atoms with Crippen molar-refractivity contribution < 1.29 is 22.4 Å². The maximum absolute atomic E-state index is 13.3. The fraction of sp³-hybridized carbons (Fsp3) is 0.667. The van der Waals surface area contributed by atoms with Crippen LogP contribution >= 0.6 is 0 Å². The van der Waals surface area contributed by atoms with Gasteiger partial charge in [0.2, 0.25) is 11.8 Å². The van der Waals surface area contributed by atoms with E-state index in [2.05, 4.69) is 15.3 Å². The maximum atomic E-state index is 13.3. The predicted octanol–water partition coefficient (Wildman–Crippen LogP) is 5.62. The van der Waals surface area contributed by atoms with Gasteiger partial charge in [0.1, 0.15) is 5.82 Å². The second-order valence-electron chi connectivity index (χ2n) is 10.1. The number of nitrogens with one attached hydrogen (secondary N) is 2. The van der Waals surface area contributed by atoms with E-state index in [0.717, 1.165) is 22.4 Å². The zero-order valence-electron chi connectivity index (χ0n) is 18.0. The molecule has 2 aromatic rings. The molecule has 1 amide bonds. The SMILES string of the molecule is C1CC1.O=C(CC1CC(F)(F)C1)NCc1ccc2nc(CC3CC4[C@@H](C3)C4(F)F)[nH]c2c1. The summed E-state index contributed by atoms with van der Waals surface area (Å²) in [7, 11) is 0. The van der Waals surface area contributed by atoms with Crippen LogP contribution < -0.4 is 5.32 Å². The molecule has 4 aliphatic carbocycles. The molecule has 2 N–H and O–H groups in total. The lowest BCUT2D eigenvalue weighted by molar-refractivity contribution is -0.133. The number of carbonyl (C=O) groups is 1. The Balaban J connectivity index is 0.000000666. The second-order valence-corrected chi connectivity index (χ2v) is 10.1. The zero-order chi connectivity index (χ0) is 22.5. The van der Waals surface area contributed by atoms with Crippen molar-refractivity contribution in [2.75, 3.05) is 0 Å². The van der Waals surface area contributed by atoms with Crippen molar-refractivity contribution in [3.63, 3.8) is 0 Å². The minimum absolute atomic E-state index is 0.133. The van der Waals surface area contributed by atoms with Gasteiger partial charge in [-0.2, -0.15) is 0 Å². The summed E-state index contributed by atoms with van der Waals surface area (Å²) in [5, 5.41) is 2.78. The number of hydrogen-bond acceptors (Lipinski definition) is 2. The van der Waals surface area contributed by atoms with Gasteiger partial charge in [-0.05, 0) is 42.4 Å². The van der Waals surface area contributed by atoms with E-state index in [4.69, 9.17) is 0 Å². The van der Waals surface area contributed by atoms with Crippen molar-refractivity contribution in [2.45, 2.75) is 76.2 Å². The lowest BCUT2D eigenvalue weighted by Gasteiger charge is -2.34. The minimum Gasteiger partial charge on any atom is -0.352 e. The number of nitrogens with zero attached hydrogens (tertiary/aromatic N) is 1. The first-order valence-corrected chi connectivity index (χ1v) is 11.7. The van der Waals surface area contributed by atoms with E-state index in [1.807, 2.05) is 18.2 Å². The van der Waals surface area contributed by atoms with Crippen LogP contribution in [0.1, 0.15) is 62.8 Å². The molecule has 4 fully saturated rings. The fourth-order valence-electron chi connectivity index (χ4n) is 5.14. The van der Waals surface area contributed by atoms with Crippen LogP contribution in [0.15, 0.2) is 18.2 Å². The number of aromatic amines is 1. The first-order chi connectivity index (χ1) is 15.2. The molecular weight excluding hydrogens is 422 g/mol. The van der Waals surface area contributed by atoms with Crippen molar-refractivity contribution in [1.29, 1.82) is 0 Å². The summed E-state index contributed by atoms with van der Waals surface area (Å²) in [4.78, 5) is 19.8. The first-order valence-electron chi connectivity index (χ1n) is 11.7. The minimum atomic E-state index is -2.60. The Morgan fingerprint density at radius 1 is 1.06 bits per heavy atom. The molecule has 174 valence electrons. The molecule has 3 atom stereocenters. The summed E-state index contributed by atoms with van der Waals surface area (Å²) in [5.41, 5.74) is 2.54. The third-order valence-electron chi connectivity index (χ3n) is 7.11. The largest absolute Gasteiger partial charge is 0.352 e. The van der Waals surface area contributed by atoms with Crippen molar-refractivity contribution in [3.8, 4) is 0 Å². The average molecular weight is 452 g/mol. The third-order valence-corrected chi connectivity index (χ3v) is 7.11. The summed E-state index contributed by atoms with van der Waals surface area (Å²) >= 11 is 0. The third kappa shape index (κ3) is 4.79. The molecule has 6 rings (SSSR count). The molecule has 0 spiro atoms.